The Hall–Kier alpha value is -3.34. The van der Waals surface area contributed by atoms with Gasteiger partial charge in [-0.05, 0) is 94.3 Å². The van der Waals surface area contributed by atoms with Gasteiger partial charge < -0.3 is 0 Å². The fraction of sp³-hybridized carbons (Fsp3) is 0.158. The molecule has 0 saturated heterocycles. The maximum Gasteiger partial charge on any atom is -0.00000000000926 e. The van der Waals surface area contributed by atoms with E-state index >= 15 is 0 Å². The van der Waals surface area contributed by atoms with Gasteiger partial charge in [0.05, 0.1) is 0 Å². The minimum Gasteiger partial charge on any atom is -0.0687 e. The van der Waals surface area contributed by atoms with Gasteiger partial charge in [0.15, 0.2) is 0 Å². The van der Waals surface area contributed by atoms with E-state index in [0.717, 1.165) is 12.0 Å². The lowest BCUT2D eigenvalue weighted by Gasteiger charge is -1.79. The summed E-state index contributed by atoms with van der Waals surface area (Å²) in [7, 11) is 0. The van der Waals surface area contributed by atoms with Gasteiger partial charge in [0, 0.05) is 0 Å². The topological polar surface area (TPSA) is 0 Å². The minimum atomic E-state index is 0.938. The summed E-state index contributed by atoms with van der Waals surface area (Å²) in [5.41, 5.74) is 36.9. The Morgan fingerprint density at radius 3 is 1.42 bits per heavy atom. The first-order valence-corrected chi connectivity index (χ1v) is 5.41. The summed E-state index contributed by atoms with van der Waals surface area (Å²) >= 11 is 0. The van der Waals surface area contributed by atoms with Crippen LogP contribution >= 0.6 is 0 Å². The van der Waals surface area contributed by atoms with Gasteiger partial charge in [0.1, 0.15) is 0 Å². The molecule has 0 aromatic heterocycles. The van der Waals surface area contributed by atoms with E-state index in [1.807, 2.05) is 13.8 Å². The molecule has 0 aromatic carbocycles. The Morgan fingerprint density at radius 1 is 0.684 bits per heavy atom. The molecule has 0 aliphatic heterocycles. The van der Waals surface area contributed by atoms with Crippen LogP contribution in [0.3, 0.4) is 0 Å². The van der Waals surface area contributed by atoms with E-state index in [2.05, 4.69) is 86.8 Å². The molecule has 0 atom stereocenters. The summed E-state index contributed by atoms with van der Waals surface area (Å²) in [6.07, 6.45) is 0.938. The van der Waals surface area contributed by atoms with E-state index < -0.39 is 0 Å². The molecule has 0 aliphatic carbocycles. The average molecular weight is 238 g/mol. The van der Waals surface area contributed by atoms with Gasteiger partial charge in [-0.1, -0.05) is 18.4 Å². The molecule has 0 unspecified atom stereocenters. The van der Waals surface area contributed by atoms with Gasteiger partial charge in [0.2, 0.25) is 0 Å². The molecule has 0 aromatic rings. The predicted octanol–water partition coefficient (Wildman–Crippen LogP) is 4.14. The third-order valence-corrected chi connectivity index (χ3v) is 1.58. The summed E-state index contributed by atoms with van der Waals surface area (Å²) in [5, 5.41) is 0. The van der Waals surface area contributed by atoms with Crippen LogP contribution in [0.15, 0.2) is 92.4 Å². The molecular weight excluding hydrogens is 228 g/mol. The van der Waals surface area contributed by atoms with Crippen LogP contribution in [-0.4, -0.2) is 0 Å². The molecule has 0 fully saturated rings. The zero-order valence-electron chi connectivity index (χ0n) is 10.9. The highest BCUT2D eigenvalue weighted by molar-refractivity contribution is 4.97. The second kappa shape index (κ2) is 12.7. The van der Waals surface area contributed by atoms with Gasteiger partial charge >= 0.3 is 0 Å². The Labute approximate surface area is 113 Å². The number of hydrogen-bond donors (Lipinski definition) is 0. The fourth-order valence-corrected chi connectivity index (χ4v) is 0.583. The predicted molar refractivity (Wildman–Crippen MR) is 74.3 cm³/mol. The van der Waals surface area contributed by atoms with Gasteiger partial charge in [-0.3, -0.25) is 0 Å². The molecule has 0 rings (SSSR count). The van der Waals surface area contributed by atoms with Crippen molar-refractivity contribution < 1.29 is 0 Å². The van der Waals surface area contributed by atoms with Crippen molar-refractivity contribution in [2.24, 2.45) is 0 Å². The van der Waals surface area contributed by atoms with Crippen molar-refractivity contribution in [3.63, 3.8) is 0 Å². The Bertz CT molecular complexity index is 849. The van der Waals surface area contributed by atoms with E-state index in [0.29, 0.717) is 0 Å². The maximum absolute atomic E-state index is 3.31. The molecule has 0 aliphatic rings. The van der Waals surface area contributed by atoms with Gasteiger partial charge in [-0.15, -0.1) is 0 Å². The fourth-order valence-electron chi connectivity index (χ4n) is 0.583. The molecule has 0 amide bonds. The van der Waals surface area contributed by atoms with Gasteiger partial charge in [-0.25, -0.2) is 0 Å². The Morgan fingerprint density at radius 2 is 1.05 bits per heavy atom. The largest absolute Gasteiger partial charge is 0.0687 e. The molecule has 86 valence electrons. The SMILES string of the molecule is C=C=C=C=C=C=C=C=C=C=C=C=C=C=C=C(C)CC. The highest BCUT2D eigenvalue weighted by Crippen LogP contribution is 1.91. The van der Waals surface area contributed by atoms with Crippen LogP contribution < -0.4 is 0 Å². The third-order valence-electron chi connectivity index (χ3n) is 1.58. The maximum atomic E-state index is 3.31. The highest BCUT2D eigenvalue weighted by Gasteiger charge is 1.73. The van der Waals surface area contributed by atoms with E-state index in [1.165, 1.54) is 0 Å². The second-order valence-corrected chi connectivity index (χ2v) is 2.94. The molecule has 0 spiro atoms. The van der Waals surface area contributed by atoms with Crippen LogP contribution in [0.5, 0.6) is 0 Å². The van der Waals surface area contributed by atoms with Crippen molar-refractivity contribution in [1.82, 2.24) is 0 Å². The zero-order valence-corrected chi connectivity index (χ0v) is 10.9. The van der Waals surface area contributed by atoms with Crippen LogP contribution in [0, 0.1) is 0 Å². The summed E-state index contributed by atoms with van der Waals surface area (Å²) in [5.74, 6) is 0. The summed E-state index contributed by atoms with van der Waals surface area (Å²) in [4.78, 5) is 0. The molecule has 0 heterocycles. The van der Waals surface area contributed by atoms with E-state index in [4.69, 9.17) is 0 Å². The second-order valence-electron chi connectivity index (χ2n) is 2.94. The molecule has 0 saturated carbocycles. The van der Waals surface area contributed by atoms with E-state index in [9.17, 15) is 0 Å². The number of rotatable bonds is 1. The van der Waals surface area contributed by atoms with Crippen LogP contribution in [0.2, 0.25) is 0 Å². The van der Waals surface area contributed by atoms with Crippen molar-refractivity contribution in [3.05, 3.63) is 92.4 Å². The van der Waals surface area contributed by atoms with Crippen LogP contribution in [0.25, 0.3) is 0 Å². The number of allylic oxidation sites excluding steroid dienone is 1. The molecule has 0 N–H and O–H groups in total. The standard InChI is InChI=1S/C19H10/c1-4-6-7-8-9-10-11-12-13-14-15-16-17-18-19(3)5-2/h1,5H2,2-3H3. The lowest BCUT2D eigenvalue weighted by atomic mass is 10.3. The molecule has 0 heteroatoms. The van der Waals surface area contributed by atoms with Gasteiger partial charge in [-0.2, -0.15) is 0 Å². The van der Waals surface area contributed by atoms with Crippen molar-refractivity contribution >= 4 is 0 Å². The lowest BCUT2D eigenvalue weighted by molar-refractivity contribution is 1.11. The van der Waals surface area contributed by atoms with Crippen LogP contribution in [0.4, 0.5) is 0 Å². The summed E-state index contributed by atoms with van der Waals surface area (Å²) < 4.78 is 0. The lowest BCUT2D eigenvalue weighted by Crippen LogP contribution is -1.61. The number of hydrogen-bond acceptors (Lipinski definition) is 0. The van der Waals surface area contributed by atoms with Crippen molar-refractivity contribution in [2.45, 2.75) is 20.3 Å². The first kappa shape index (κ1) is 15.7. The monoisotopic (exact) mass is 238 g/mol. The van der Waals surface area contributed by atoms with Crippen LogP contribution in [0.1, 0.15) is 20.3 Å². The van der Waals surface area contributed by atoms with Crippen LogP contribution in [-0.2, 0) is 0 Å². The summed E-state index contributed by atoms with van der Waals surface area (Å²) in [6.45, 7) is 7.32. The first-order valence-electron chi connectivity index (χ1n) is 5.41. The van der Waals surface area contributed by atoms with Gasteiger partial charge in [0.25, 0.3) is 0 Å². The summed E-state index contributed by atoms with van der Waals surface area (Å²) in [6, 6.07) is 0. The molecule has 0 bridgehead atoms. The van der Waals surface area contributed by atoms with E-state index in [-0.39, 0.29) is 0 Å². The molecular formula is C19H10. The van der Waals surface area contributed by atoms with Crippen molar-refractivity contribution in [2.75, 3.05) is 0 Å². The molecule has 0 nitrogen and oxygen atoms in total. The average Bonchev–Trinajstić information content (AvgIpc) is 2.43. The quantitative estimate of drug-likeness (QED) is 0.602. The Balaban J connectivity index is 5.63. The highest BCUT2D eigenvalue weighted by atomic mass is 13.8. The first-order chi connectivity index (χ1) is 9.31. The van der Waals surface area contributed by atoms with E-state index in [1.54, 1.807) is 0 Å². The van der Waals surface area contributed by atoms with Crippen molar-refractivity contribution in [1.29, 1.82) is 0 Å². The Kier molecular flexibility index (Phi) is 10.5. The zero-order chi connectivity index (χ0) is 14.2. The molecule has 0 radical (unpaired) electrons. The minimum absolute atomic E-state index is 0.938. The molecule has 19 heavy (non-hydrogen) atoms. The third kappa shape index (κ3) is 12.6. The normalized spacial score (nSPS) is 4.95. The van der Waals surface area contributed by atoms with Crippen molar-refractivity contribution in [3.8, 4) is 0 Å². The smallest absolute Gasteiger partial charge is 0.00000000000926 e.